The standard InChI is InChI=1S/C33H42N2O4/c1-23(21-38-4)22-39-29-12-10-28(11-13-29)33(37)16-18-34-20-32(33)30-14-9-27(19-24(30)2)31-8-6-5-7-26(31)15-17-35-25(3)36/h5-14,19,23,32,34,37H,15-18,20-22H2,1-4H3,(H,35,36)/t23-,32+,33-/m0/s1. The summed E-state index contributed by atoms with van der Waals surface area (Å²) in [6, 6.07) is 22.8. The Kier molecular flexibility index (Phi) is 9.78. The molecule has 1 saturated heterocycles. The Morgan fingerprint density at radius 1 is 1.13 bits per heavy atom. The Balaban J connectivity index is 1.55. The van der Waals surface area contributed by atoms with Gasteiger partial charge in [0.2, 0.25) is 5.91 Å². The number of aliphatic hydroxyl groups is 1. The fourth-order valence-corrected chi connectivity index (χ4v) is 5.62. The van der Waals surface area contributed by atoms with E-state index in [9.17, 15) is 9.90 Å². The highest BCUT2D eigenvalue weighted by atomic mass is 16.5. The van der Waals surface area contributed by atoms with Crippen molar-refractivity contribution in [2.45, 2.75) is 45.1 Å². The summed E-state index contributed by atoms with van der Waals surface area (Å²) in [5.41, 5.74) is 5.76. The molecule has 1 amide bonds. The summed E-state index contributed by atoms with van der Waals surface area (Å²) in [6.45, 7) is 9.10. The number of hydrogen-bond donors (Lipinski definition) is 3. The van der Waals surface area contributed by atoms with Crippen LogP contribution >= 0.6 is 0 Å². The van der Waals surface area contributed by atoms with E-state index in [4.69, 9.17) is 9.47 Å². The van der Waals surface area contributed by atoms with Gasteiger partial charge in [0, 0.05) is 39.0 Å². The van der Waals surface area contributed by atoms with Gasteiger partial charge in [0.1, 0.15) is 5.75 Å². The van der Waals surface area contributed by atoms with Crippen LogP contribution in [0.4, 0.5) is 0 Å². The van der Waals surface area contributed by atoms with E-state index in [-0.39, 0.29) is 11.8 Å². The van der Waals surface area contributed by atoms with Crippen molar-refractivity contribution in [1.82, 2.24) is 10.6 Å². The van der Waals surface area contributed by atoms with E-state index in [2.05, 4.69) is 60.9 Å². The molecule has 0 unspecified atom stereocenters. The fraction of sp³-hybridized carbons (Fsp3) is 0.424. The van der Waals surface area contributed by atoms with E-state index in [1.165, 1.54) is 11.1 Å². The van der Waals surface area contributed by atoms with Crippen LogP contribution in [0.5, 0.6) is 5.75 Å². The first kappa shape index (κ1) is 28.8. The minimum Gasteiger partial charge on any atom is -0.493 e. The third kappa shape index (κ3) is 7.07. The molecule has 0 saturated carbocycles. The minimum atomic E-state index is -0.977. The number of ether oxygens (including phenoxy) is 2. The third-order valence-electron chi connectivity index (χ3n) is 7.69. The summed E-state index contributed by atoms with van der Waals surface area (Å²) in [5.74, 6) is 1.01. The van der Waals surface area contributed by atoms with Crippen LogP contribution in [0, 0.1) is 12.8 Å². The Hall–Kier alpha value is -3.19. The van der Waals surface area contributed by atoms with Crippen molar-refractivity contribution >= 4 is 5.91 Å². The molecule has 3 aromatic carbocycles. The zero-order valence-corrected chi connectivity index (χ0v) is 23.6. The molecule has 208 valence electrons. The molecule has 1 aliphatic rings. The van der Waals surface area contributed by atoms with Gasteiger partial charge < -0.3 is 25.2 Å². The molecule has 1 aliphatic heterocycles. The average molecular weight is 531 g/mol. The van der Waals surface area contributed by atoms with Crippen LogP contribution in [0.15, 0.2) is 66.7 Å². The highest BCUT2D eigenvalue weighted by Crippen LogP contribution is 2.43. The van der Waals surface area contributed by atoms with Gasteiger partial charge in [0.15, 0.2) is 0 Å². The topological polar surface area (TPSA) is 79.8 Å². The normalized spacial score (nSPS) is 19.9. The van der Waals surface area contributed by atoms with E-state index in [0.717, 1.165) is 41.0 Å². The van der Waals surface area contributed by atoms with Crippen LogP contribution in [-0.4, -0.2) is 51.0 Å². The second-order valence-corrected chi connectivity index (χ2v) is 10.8. The van der Waals surface area contributed by atoms with Crippen molar-refractivity contribution in [3.63, 3.8) is 0 Å². The molecule has 0 radical (unpaired) electrons. The van der Waals surface area contributed by atoms with Gasteiger partial charge in [-0.1, -0.05) is 61.5 Å². The van der Waals surface area contributed by atoms with Gasteiger partial charge in [0.25, 0.3) is 0 Å². The largest absolute Gasteiger partial charge is 0.493 e. The number of methoxy groups -OCH3 is 1. The van der Waals surface area contributed by atoms with Crippen molar-refractivity contribution in [2.24, 2.45) is 5.92 Å². The summed E-state index contributed by atoms with van der Waals surface area (Å²) in [5, 5.41) is 18.5. The molecule has 39 heavy (non-hydrogen) atoms. The number of rotatable bonds is 11. The lowest BCUT2D eigenvalue weighted by Crippen LogP contribution is -2.46. The summed E-state index contributed by atoms with van der Waals surface area (Å²) in [4.78, 5) is 11.3. The number of carbonyl (C=O) groups excluding carboxylic acids is 1. The molecule has 3 aromatic rings. The van der Waals surface area contributed by atoms with Crippen LogP contribution in [0.3, 0.4) is 0 Å². The van der Waals surface area contributed by atoms with Crippen molar-refractivity contribution in [3.8, 4) is 16.9 Å². The van der Waals surface area contributed by atoms with Crippen molar-refractivity contribution in [1.29, 1.82) is 0 Å². The zero-order chi connectivity index (χ0) is 27.8. The molecule has 0 aromatic heterocycles. The van der Waals surface area contributed by atoms with Gasteiger partial charge in [-0.05, 0) is 71.8 Å². The lowest BCUT2D eigenvalue weighted by molar-refractivity contribution is -0.118. The van der Waals surface area contributed by atoms with Crippen molar-refractivity contribution in [2.75, 3.05) is 40.0 Å². The number of aryl methyl sites for hydroxylation is 1. The molecule has 1 heterocycles. The van der Waals surface area contributed by atoms with Crippen LogP contribution in [0.25, 0.3) is 11.1 Å². The maximum absolute atomic E-state index is 12.1. The van der Waals surface area contributed by atoms with Gasteiger partial charge in [-0.15, -0.1) is 0 Å². The lowest BCUT2D eigenvalue weighted by Gasteiger charge is -2.42. The van der Waals surface area contributed by atoms with E-state index in [0.29, 0.717) is 38.6 Å². The third-order valence-corrected chi connectivity index (χ3v) is 7.69. The van der Waals surface area contributed by atoms with E-state index in [1.807, 2.05) is 30.3 Å². The predicted molar refractivity (Wildman–Crippen MR) is 156 cm³/mol. The quantitative estimate of drug-likeness (QED) is 0.326. The molecule has 3 N–H and O–H groups in total. The molecule has 1 fully saturated rings. The van der Waals surface area contributed by atoms with Crippen LogP contribution in [0.1, 0.15) is 48.4 Å². The Morgan fingerprint density at radius 3 is 2.62 bits per heavy atom. The average Bonchev–Trinajstić information content (AvgIpc) is 2.93. The second-order valence-electron chi connectivity index (χ2n) is 10.8. The second kappa shape index (κ2) is 13.2. The summed E-state index contributed by atoms with van der Waals surface area (Å²) < 4.78 is 11.1. The van der Waals surface area contributed by atoms with E-state index in [1.54, 1.807) is 14.0 Å². The number of carbonyl (C=O) groups is 1. The molecular formula is C33H42N2O4. The highest BCUT2D eigenvalue weighted by molar-refractivity contribution is 5.73. The summed E-state index contributed by atoms with van der Waals surface area (Å²) in [7, 11) is 1.70. The number of piperidine rings is 1. The smallest absolute Gasteiger partial charge is 0.216 e. The molecule has 6 nitrogen and oxygen atoms in total. The maximum atomic E-state index is 12.1. The lowest BCUT2D eigenvalue weighted by atomic mass is 9.72. The molecule has 0 aliphatic carbocycles. The first-order chi connectivity index (χ1) is 18.8. The first-order valence-corrected chi connectivity index (χ1v) is 13.9. The Bertz CT molecular complexity index is 1240. The van der Waals surface area contributed by atoms with Crippen molar-refractivity contribution in [3.05, 3.63) is 89.0 Å². The molecule has 0 bridgehead atoms. The Morgan fingerprint density at radius 2 is 1.90 bits per heavy atom. The highest BCUT2D eigenvalue weighted by Gasteiger charge is 2.42. The number of nitrogens with one attached hydrogen (secondary N) is 2. The van der Waals surface area contributed by atoms with Crippen LogP contribution < -0.4 is 15.4 Å². The number of benzene rings is 3. The fourth-order valence-electron chi connectivity index (χ4n) is 5.62. The van der Waals surface area contributed by atoms with Gasteiger partial charge in [-0.3, -0.25) is 4.79 Å². The number of amides is 1. The van der Waals surface area contributed by atoms with Crippen LogP contribution in [-0.2, 0) is 21.6 Å². The maximum Gasteiger partial charge on any atom is 0.216 e. The van der Waals surface area contributed by atoms with Gasteiger partial charge in [-0.2, -0.15) is 0 Å². The SMILES string of the molecule is COC[C@H](C)COc1ccc([C@@]2(O)CCNC[C@@H]2c2ccc(-c3ccccc3CCNC(C)=O)cc2C)cc1. The van der Waals surface area contributed by atoms with Gasteiger partial charge >= 0.3 is 0 Å². The molecule has 3 atom stereocenters. The predicted octanol–water partition coefficient (Wildman–Crippen LogP) is 4.97. The van der Waals surface area contributed by atoms with Crippen molar-refractivity contribution < 1.29 is 19.4 Å². The van der Waals surface area contributed by atoms with Gasteiger partial charge in [-0.25, -0.2) is 0 Å². The van der Waals surface area contributed by atoms with Crippen LogP contribution in [0.2, 0.25) is 0 Å². The molecule has 6 heteroatoms. The zero-order valence-electron chi connectivity index (χ0n) is 23.6. The number of hydrogen-bond acceptors (Lipinski definition) is 5. The van der Waals surface area contributed by atoms with E-state index >= 15 is 0 Å². The minimum absolute atomic E-state index is 0.0138. The monoisotopic (exact) mass is 530 g/mol. The summed E-state index contributed by atoms with van der Waals surface area (Å²) in [6.07, 6.45) is 1.41. The molecule has 4 rings (SSSR count). The summed E-state index contributed by atoms with van der Waals surface area (Å²) >= 11 is 0. The van der Waals surface area contributed by atoms with E-state index < -0.39 is 5.60 Å². The molecule has 0 spiro atoms. The first-order valence-electron chi connectivity index (χ1n) is 13.9. The Labute approximate surface area is 232 Å². The molecular weight excluding hydrogens is 488 g/mol. The van der Waals surface area contributed by atoms with Gasteiger partial charge in [0.05, 0.1) is 18.8 Å².